The van der Waals surface area contributed by atoms with Crippen molar-refractivity contribution < 1.29 is 5.11 Å². The number of aromatic nitrogens is 2. The highest BCUT2D eigenvalue weighted by Crippen LogP contribution is 2.21. The summed E-state index contributed by atoms with van der Waals surface area (Å²) < 4.78 is 1.36. The summed E-state index contributed by atoms with van der Waals surface area (Å²) in [6, 6.07) is 7.60. The molecule has 0 atom stereocenters. The third kappa shape index (κ3) is 2.97. The number of aromatic hydroxyl groups is 1. The zero-order chi connectivity index (χ0) is 15.0. The SMILES string of the molecule is Cc1ccc(-n2nc(CNC3CC3)c(O)cc2=O)c(C)c1. The zero-order valence-electron chi connectivity index (χ0n) is 12.3. The van der Waals surface area contributed by atoms with Crippen LogP contribution in [0.4, 0.5) is 0 Å². The average Bonchev–Trinajstić information content (AvgIpc) is 3.23. The molecule has 1 fully saturated rings. The van der Waals surface area contributed by atoms with Gasteiger partial charge in [-0.15, -0.1) is 0 Å². The van der Waals surface area contributed by atoms with Crippen molar-refractivity contribution in [3.8, 4) is 11.4 Å². The van der Waals surface area contributed by atoms with Gasteiger partial charge in [-0.2, -0.15) is 9.78 Å². The minimum atomic E-state index is -0.324. The van der Waals surface area contributed by atoms with Gasteiger partial charge >= 0.3 is 0 Å². The fraction of sp³-hybridized carbons (Fsp3) is 0.375. The highest BCUT2D eigenvalue weighted by atomic mass is 16.3. The van der Waals surface area contributed by atoms with Gasteiger partial charge in [-0.05, 0) is 38.3 Å². The largest absolute Gasteiger partial charge is 0.506 e. The van der Waals surface area contributed by atoms with Crippen molar-refractivity contribution in [3.05, 3.63) is 51.4 Å². The minimum Gasteiger partial charge on any atom is -0.506 e. The van der Waals surface area contributed by atoms with E-state index in [4.69, 9.17) is 0 Å². The molecule has 0 bridgehead atoms. The van der Waals surface area contributed by atoms with E-state index in [0.717, 1.165) is 29.7 Å². The molecule has 1 saturated carbocycles. The first-order valence-corrected chi connectivity index (χ1v) is 7.18. The first-order chi connectivity index (χ1) is 10.0. The molecule has 0 radical (unpaired) electrons. The second-order valence-corrected chi connectivity index (χ2v) is 5.67. The number of hydrogen-bond acceptors (Lipinski definition) is 4. The molecule has 21 heavy (non-hydrogen) atoms. The Balaban J connectivity index is 2.00. The van der Waals surface area contributed by atoms with E-state index in [1.807, 2.05) is 32.0 Å². The van der Waals surface area contributed by atoms with E-state index in [9.17, 15) is 9.90 Å². The molecule has 1 aromatic carbocycles. The molecule has 1 aromatic heterocycles. The molecule has 0 saturated heterocycles. The highest BCUT2D eigenvalue weighted by molar-refractivity contribution is 5.42. The van der Waals surface area contributed by atoms with Crippen LogP contribution in [-0.4, -0.2) is 20.9 Å². The Bertz CT molecular complexity index is 733. The number of rotatable bonds is 4. The summed E-state index contributed by atoms with van der Waals surface area (Å²) in [6.07, 6.45) is 2.33. The van der Waals surface area contributed by atoms with Gasteiger partial charge < -0.3 is 10.4 Å². The molecule has 5 heteroatoms. The van der Waals surface area contributed by atoms with Gasteiger partial charge in [0.2, 0.25) is 0 Å². The van der Waals surface area contributed by atoms with Crippen LogP contribution in [0.25, 0.3) is 5.69 Å². The molecule has 3 rings (SSSR count). The van der Waals surface area contributed by atoms with Crippen LogP contribution in [-0.2, 0) is 6.54 Å². The summed E-state index contributed by atoms with van der Waals surface area (Å²) in [5.41, 5.74) is 3.05. The first-order valence-electron chi connectivity index (χ1n) is 7.18. The Morgan fingerprint density at radius 3 is 2.76 bits per heavy atom. The molecule has 0 aliphatic heterocycles. The first kappa shape index (κ1) is 13.8. The molecule has 0 amide bonds. The second-order valence-electron chi connectivity index (χ2n) is 5.67. The Morgan fingerprint density at radius 2 is 2.10 bits per heavy atom. The third-order valence-electron chi connectivity index (χ3n) is 3.70. The molecule has 1 heterocycles. The van der Waals surface area contributed by atoms with Crippen LogP contribution in [0.2, 0.25) is 0 Å². The summed E-state index contributed by atoms with van der Waals surface area (Å²) in [5, 5.41) is 17.5. The maximum atomic E-state index is 12.1. The van der Waals surface area contributed by atoms with Gasteiger partial charge in [-0.1, -0.05) is 17.7 Å². The summed E-state index contributed by atoms with van der Waals surface area (Å²) in [6.45, 7) is 4.43. The Morgan fingerprint density at radius 1 is 1.33 bits per heavy atom. The fourth-order valence-electron chi connectivity index (χ4n) is 2.35. The van der Waals surface area contributed by atoms with Gasteiger partial charge in [0, 0.05) is 18.7 Å². The molecule has 5 nitrogen and oxygen atoms in total. The standard InChI is InChI=1S/C16H19N3O2/c1-10-3-6-14(11(2)7-10)19-16(21)8-15(20)13(18-19)9-17-12-4-5-12/h3,6-8,12,17,20H,4-5,9H2,1-2H3. The lowest BCUT2D eigenvalue weighted by Crippen LogP contribution is -2.25. The molecular formula is C16H19N3O2. The number of hydrogen-bond donors (Lipinski definition) is 2. The van der Waals surface area contributed by atoms with E-state index < -0.39 is 0 Å². The normalized spacial score (nSPS) is 14.4. The van der Waals surface area contributed by atoms with Crippen molar-refractivity contribution in [1.29, 1.82) is 0 Å². The highest BCUT2D eigenvalue weighted by Gasteiger charge is 2.21. The van der Waals surface area contributed by atoms with E-state index in [1.54, 1.807) is 0 Å². The lowest BCUT2D eigenvalue weighted by Gasteiger charge is -2.12. The Kier molecular flexibility index (Phi) is 3.51. The minimum absolute atomic E-state index is 0.0471. The van der Waals surface area contributed by atoms with Crippen LogP contribution in [0.15, 0.2) is 29.1 Å². The van der Waals surface area contributed by atoms with Crippen LogP contribution in [0.1, 0.15) is 29.7 Å². The monoisotopic (exact) mass is 285 g/mol. The summed E-state index contributed by atoms with van der Waals surface area (Å²) in [5.74, 6) is -0.0471. The van der Waals surface area contributed by atoms with E-state index in [0.29, 0.717) is 18.3 Å². The van der Waals surface area contributed by atoms with Gasteiger partial charge in [0.1, 0.15) is 11.4 Å². The molecular weight excluding hydrogens is 266 g/mol. The summed E-state index contributed by atoms with van der Waals surface area (Å²) >= 11 is 0. The predicted molar refractivity (Wildman–Crippen MR) is 80.8 cm³/mol. The molecule has 110 valence electrons. The van der Waals surface area contributed by atoms with Crippen LogP contribution >= 0.6 is 0 Å². The van der Waals surface area contributed by atoms with Crippen molar-refractivity contribution in [2.75, 3.05) is 0 Å². The second kappa shape index (κ2) is 5.33. The number of nitrogens with zero attached hydrogens (tertiary/aromatic N) is 2. The Hall–Kier alpha value is -2.14. The van der Waals surface area contributed by atoms with Crippen molar-refractivity contribution in [3.63, 3.8) is 0 Å². The van der Waals surface area contributed by atoms with Gasteiger partial charge in [-0.3, -0.25) is 4.79 Å². The summed E-state index contributed by atoms with van der Waals surface area (Å²) in [7, 11) is 0. The molecule has 2 aromatic rings. The van der Waals surface area contributed by atoms with Gasteiger partial charge in [0.05, 0.1) is 5.69 Å². The van der Waals surface area contributed by atoms with Gasteiger partial charge in [-0.25, -0.2) is 0 Å². The van der Waals surface area contributed by atoms with Gasteiger partial charge in [0.15, 0.2) is 0 Å². The van der Waals surface area contributed by atoms with E-state index in [-0.39, 0.29) is 11.3 Å². The molecule has 1 aliphatic rings. The molecule has 0 unspecified atom stereocenters. The average molecular weight is 285 g/mol. The maximum absolute atomic E-state index is 12.1. The zero-order valence-corrected chi connectivity index (χ0v) is 12.3. The van der Waals surface area contributed by atoms with Crippen LogP contribution in [0.5, 0.6) is 5.75 Å². The molecule has 1 aliphatic carbocycles. The Labute approximate surface area is 123 Å². The fourth-order valence-corrected chi connectivity index (χ4v) is 2.35. The van der Waals surface area contributed by atoms with Crippen LogP contribution < -0.4 is 10.9 Å². The van der Waals surface area contributed by atoms with Crippen molar-refractivity contribution >= 4 is 0 Å². The molecule has 0 spiro atoms. The van der Waals surface area contributed by atoms with Crippen LogP contribution in [0, 0.1) is 13.8 Å². The smallest absolute Gasteiger partial charge is 0.275 e. The quantitative estimate of drug-likeness (QED) is 0.899. The molecule has 2 N–H and O–H groups in total. The topological polar surface area (TPSA) is 67.2 Å². The van der Waals surface area contributed by atoms with E-state index in [2.05, 4.69) is 10.4 Å². The third-order valence-corrected chi connectivity index (χ3v) is 3.70. The predicted octanol–water partition coefficient (Wildman–Crippen LogP) is 1.81. The van der Waals surface area contributed by atoms with Gasteiger partial charge in [0.25, 0.3) is 5.56 Å². The number of nitrogens with one attached hydrogen (secondary N) is 1. The van der Waals surface area contributed by atoms with E-state index in [1.165, 1.54) is 10.7 Å². The maximum Gasteiger partial charge on any atom is 0.275 e. The van der Waals surface area contributed by atoms with E-state index >= 15 is 0 Å². The lowest BCUT2D eigenvalue weighted by molar-refractivity contribution is 0.451. The number of benzene rings is 1. The van der Waals surface area contributed by atoms with Crippen molar-refractivity contribution in [2.45, 2.75) is 39.3 Å². The van der Waals surface area contributed by atoms with Crippen molar-refractivity contribution in [1.82, 2.24) is 15.1 Å². The van der Waals surface area contributed by atoms with Crippen LogP contribution in [0.3, 0.4) is 0 Å². The number of aryl methyl sites for hydroxylation is 2. The van der Waals surface area contributed by atoms with Crippen molar-refractivity contribution in [2.24, 2.45) is 0 Å². The lowest BCUT2D eigenvalue weighted by atomic mass is 10.1. The summed E-state index contributed by atoms with van der Waals surface area (Å²) in [4.78, 5) is 12.1.